The Bertz CT molecular complexity index is 847. The second-order valence-corrected chi connectivity index (χ2v) is 6.36. The molecule has 21 heavy (non-hydrogen) atoms. The topological polar surface area (TPSA) is 35.1 Å². The fourth-order valence-electron chi connectivity index (χ4n) is 2.50. The van der Waals surface area contributed by atoms with Crippen molar-refractivity contribution in [2.75, 3.05) is 0 Å². The van der Waals surface area contributed by atoms with E-state index < -0.39 is 0 Å². The lowest BCUT2D eigenvalue weighted by atomic mass is 10.0. The van der Waals surface area contributed by atoms with E-state index in [0.29, 0.717) is 5.58 Å². The van der Waals surface area contributed by atoms with E-state index in [9.17, 15) is 4.79 Å². The number of hydrogen-bond acceptors (Lipinski definition) is 2. The van der Waals surface area contributed by atoms with Gasteiger partial charge in [0.15, 0.2) is 5.58 Å². The molecule has 0 aliphatic rings. The van der Waals surface area contributed by atoms with Gasteiger partial charge in [0.1, 0.15) is 0 Å². The first kappa shape index (κ1) is 14.1. The average Bonchev–Trinajstić information content (AvgIpc) is 2.76. The van der Waals surface area contributed by atoms with Gasteiger partial charge in [-0.1, -0.05) is 46.3 Å². The zero-order chi connectivity index (χ0) is 15.0. The fourth-order valence-corrected chi connectivity index (χ4v) is 3.13. The van der Waals surface area contributed by atoms with Crippen LogP contribution in [0.5, 0.6) is 0 Å². The van der Waals surface area contributed by atoms with Crippen LogP contribution < -0.4 is 5.76 Å². The summed E-state index contributed by atoms with van der Waals surface area (Å²) in [5.74, 6) is -0.327. The number of aryl methyl sites for hydroxylation is 2. The number of halogens is 1. The molecule has 1 unspecified atom stereocenters. The van der Waals surface area contributed by atoms with Crippen LogP contribution in [0.1, 0.15) is 21.5 Å². The van der Waals surface area contributed by atoms with Gasteiger partial charge in [-0.05, 0) is 42.2 Å². The minimum Gasteiger partial charge on any atom is -0.408 e. The summed E-state index contributed by atoms with van der Waals surface area (Å²) in [6, 6.07) is 14.3. The van der Waals surface area contributed by atoms with E-state index in [0.717, 1.165) is 17.5 Å². The molecule has 0 saturated carbocycles. The highest BCUT2D eigenvalue weighted by atomic mass is 79.9. The van der Waals surface area contributed by atoms with Crippen molar-refractivity contribution in [1.29, 1.82) is 0 Å². The summed E-state index contributed by atoms with van der Waals surface area (Å²) < 4.78 is 6.77. The van der Waals surface area contributed by atoms with E-state index in [-0.39, 0.29) is 10.6 Å². The Balaban J connectivity index is 1.93. The van der Waals surface area contributed by atoms with Crippen molar-refractivity contribution in [3.63, 3.8) is 0 Å². The molecular formula is C17H16BrNO2. The molecule has 1 aromatic heterocycles. The van der Waals surface area contributed by atoms with Crippen molar-refractivity contribution in [3.8, 4) is 0 Å². The number of oxazole rings is 1. The SMILES string of the molecule is Cc1ccccc1CC(Br)c1ccc2c(c1)oc(=O)n2C. The van der Waals surface area contributed by atoms with Crippen LogP contribution in [0.4, 0.5) is 0 Å². The van der Waals surface area contributed by atoms with Crippen LogP contribution in [0.3, 0.4) is 0 Å². The van der Waals surface area contributed by atoms with Gasteiger partial charge in [0.2, 0.25) is 0 Å². The van der Waals surface area contributed by atoms with E-state index in [1.165, 1.54) is 15.7 Å². The van der Waals surface area contributed by atoms with E-state index in [1.807, 2.05) is 24.3 Å². The maximum atomic E-state index is 11.5. The normalized spacial score (nSPS) is 12.7. The molecule has 1 heterocycles. The predicted octanol–water partition coefficient (Wildman–Crippen LogP) is 4.12. The summed E-state index contributed by atoms with van der Waals surface area (Å²) >= 11 is 3.74. The second-order valence-electron chi connectivity index (χ2n) is 5.25. The molecule has 4 heteroatoms. The molecule has 3 rings (SSSR count). The molecule has 0 N–H and O–H groups in total. The quantitative estimate of drug-likeness (QED) is 0.669. The van der Waals surface area contributed by atoms with Gasteiger partial charge < -0.3 is 4.42 Å². The zero-order valence-corrected chi connectivity index (χ0v) is 13.6. The lowest BCUT2D eigenvalue weighted by Crippen LogP contribution is -2.08. The maximum Gasteiger partial charge on any atom is 0.419 e. The zero-order valence-electron chi connectivity index (χ0n) is 12.0. The molecule has 0 radical (unpaired) electrons. The Hall–Kier alpha value is -1.81. The molecule has 0 fully saturated rings. The highest BCUT2D eigenvalue weighted by Crippen LogP contribution is 2.30. The molecule has 108 valence electrons. The van der Waals surface area contributed by atoms with Gasteiger partial charge in [-0.15, -0.1) is 0 Å². The van der Waals surface area contributed by atoms with E-state index in [4.69, 9.17) is 4.42 Å². The third-order valence-corrected chi connectivity index (χ3v) is 4.69. The molecule has 0 spiro atoms. The number of hydrogen-bond donors (Lipinski definition) is 0. The summed E-state index contributed by atoms with van der Waals surface area (Å²) in [6.45, 7) is 2.12. The Morgan fingerprint density at radius 2 is 2.00 bits per heavy atom. The number of fused-ring (bicyclic) bond motifs is 1. The van der Waals surface area contributed by atoms with Gasteiger partial charge in [-0.3, -0.25) is 4.57 Å². The lowest BCUT2D eigenvalue weighted by Gasteiger charge is -2.12. The smallest absolute Gasteiger partial charge is 0.408 e. The van der Waals surface area contributed by atoms with Gasteiger partial charge in [0.05, 0.1) is 5.52 Å². The molecular weight excluding hydrogens is 330 g/mol. The van der Waals surface area contributed by atoms with E-state index in [1.54, 1.807) is 7.05 Å². The number of nitrogens with zero attached hydrogens (tertiary/aromatic N) is 1. The van der Waals surface area contributed by atoms with Crippen LogP contribution in [0, 0.1) is 6.92 Å². The first-order chi connectivity index (χ1) is 10.1. The van der Waals surface area contributed by atoms with Crippen molar-refractivity contribution >= 4 is 27.0 Å². The minimum absolute atomic E-state index is 0.188. The number of aromatic nitrogens is 1. The molecule has 2 aromatic carbocycles. The van der Waals surface area contributed by atoms with E-state index in [2.05, 4.69) is 41.1 Å². The van der Waals surface area contributed by atoms with Gasteiger partial charge >= 0.3 is 5.76 Å². The van der Waals surface area contributed by atoms with Crippen molar-refractivity contribution in [2.24, 2.45) is 7.05 Å². The van der Waals surface area contributed by atoms with Crippen molar-refractivity contribution in [2.45, 2.75) is 18.2 Å². The fraction of sp³-hybridized carbons (Fsp3) is 0.235. The minimum atomic E-state index is -0.327. The second kappa shape index (κ2) is 5.53. The first-order valence-corrected chi connectivity index (χ1v) is 7.76. The highest BCUT2D eigenvalue weighted by molar-refractivity contribution is 9.09. The van der Waals surface area contributed by atoms with E-state index >= 15 is 0 Å². The van der Waals surface area contributed by atoms with Crippen molar-refractivity contribution < 1.29 is 4.42 Å². The Labute approximate surface area is 131 Å². The molecule has 0 aliphatic carbocycles. The van der Waals surface area contributed by atoms with Crippen LogP contribution in [0.2, 0.25) is 0 Å². The molecule has 0 amide bonds. The van der Waals surface area contributed by atoms with Crippen LogP contribution >= 0.6 is 15.9 Å². The van der Waals surface area contributed by atoms with Gasteiger partial charge in [0, 0.05) is 11.9 Å². The summed E-state index contributed by atoms with van der Waals surface area (Å²) in [6.07, 6.45) is 0.898. The van der Waals surface area contributed by atoms with Crippen LogP contribution in [0.25, 0.3) is 11.1 Å². The number of alkyl halides is 1. The number of benzene rings is 2. The summed E-state index contributed by atoms with van der Waals surface area (Å²) in [5, 5.41) is 0. The molecule has 1 atom stereocenters. The van der Waals surface area contributed by atoms with Crippen LogP contribution in [-0.4, -0.2) is 4.57 Å². The van der Waals surface area contributed by atoms with Gasteiger partial charge in [-0.25, -0.2) is 4.79 Å². The third-order valence-electron chi connectivity index (χ3n) is 3.84. The molecule has 0 saturated heterocycles. The number of rotatable bonds is 3. The standard InChI is InChI=1S/C17H16BrNO2/c1-11-5-3-4-6-12(11)9-14(18)13-7-8-15-16(10-13)21-17(20)19(15)2/h3-8,10,14H,9H2,1-2H3. The molecule has 3 nitrogen and oxygen atoms in total. The van der Waals surface area contributed by atoms with Gasteiger partial charge in [0.25, 0.3) is 0 Å². The highest BCUT2D eigenvalue weighted by Gasteiger charge is 2.13. The van der Waals surface area contributed by atoms with Crippen molar-refractivity contribution in [3.05, 3.63) is 69.7 Å². The largest absolute Gasteiger partial charge is 0.419 e. The van der Waals surface area contributed by atoms with Crippen LogP contribution in [0.15, 0.2) is 51.7 Å². The monoisotopic (exact) mass is 345 g/mol. The van der Waals surface area contributed by atoms with Gasteiger partial charge in [-0.2, -0.15) is 0 Å². The lowest BCUT2D eigenvalue weighted by molar-refractivity contribution is 0.528. The summed E-state index contributed by atoms with van der Waals surface area (Å²) in [7, 11) is 1.72. The summed E-state index contributed by atoms with van der Waals surface area (Å²) in [4.78, 5) is 11.7. The Morgan fingerprint density at radius 3 is 2.76 bits per heavy atom. The van der Waals surface area contributed by atoms with Crippen LogP contribution in [-0.2, 0) is 13.5 Å². The summed E-state index contributed by atoms with van der Waals surface area (Å²) in [5.41, 5.74) is 5.16. The molecule has 3 aromatic rings. The third kappa shape index (κ3) is 2.68. The maximum absolute atomic E-state index is 11.5. The molecule has 0 bridgehead atoms. The predicted molar refractivity (Wildman–Crippen MR) is 88.0 cm³/mol. The first-order valence-electron chi connectivity index (χ1n) is 6.84. The Kier molecular flexibility index (Phi) is 3.72. The van der Waals surface area contributed by atoms with Crippen molar-refractivity contribution in [1.82, 2.24) is 4.57 Å². The molecule has 0 aliphatic heterocycles. The average molecular weight is 346 g/mol. The Morgan fingerprint density at radius 1 is 1.24 bits per heavy atom.